The molecule has 2 aromatic carbocycles. The Morgan fingerprint density at radius 1 is 1.11 bits per heavy atom. The second kappa shape index (κ2) is 9.72. The number of nitro groups is 1. The minimum Gasteiger partial charge on any atom is -0.455 e. The minimum atomic E-state index is -0.550. The molecule has 0 radical (unpaired) electrons. The molecule has 0 aromatic heterocycles. The number of rotatable bonds is 8. The Hall–Kier alpha value is -2.87. The Balaban J connectivity index is 1.78. The number of amides is 1. The zero-order valence-electron chi connectivity index (χ0n) is 15.0. The maximum absolute atomic E-state index is 12.1. The van der Waals surface area contributed by atoms with E-state index in [0.717, 1.165) is 5.56 Å². The molecule has 142 valence electrons. The minimum absolute atomic E-state index is 0.0150. The summed E-state index contributed by atoms with van der Waals surface area (Å²) in [5.74, 6) is -0.909. The molecular formula is C19H20N2O5S. The first-order valence-corrected chi connectivity index (χ1v) is 9.17. The van der Waals surface area contributed by atoms with E-state index in [-0.39, 0.29) is 24.2 Å². The lowest BCUT2D eigenvalue weighted by molar-refractivity contribution is -0.384. The van der Waals surface area contributed by atoms with Crippen LogP contribution in [0, 0.1) is 10.1 Å². The third-order valence-corrected chi connectivity index (χ3v) is 4.81. The highest BCUT2D eigenvalue weighted by Gasteiger charge is 2.18. The van der Waals surface area contributed by atoms with Gasteiger partial charge in [-0.3, -0.25) is 19.7 Å². The molecule has 1 N–H and O–H groups in total. The molecule has 2 aromatic rings. The van der Waals surface area contributed by atoms with Gasteiger partial charge in [0.05, 0.1) is 11.0 Å². The predicted octanol–water partition coefficient (Wildman–Crippen LogP) is 3.50. The Morgan fingerprint density at radius 3 is 2.33 bits per heavy atom. The highest BCUT2D eigenvalue weighted by molar-refractivity contribution is 8.00. The van der Waals surface area contributed by atoms with E-state index in [9.17, 15) is 19.7 Å². The molecule has 0 spiro atoms. The van der Waals surface area contributed by atoms with Gasteiger partial charge >= 0.3 is 5.97 Å². The number of carbonyl (C=O) groups is 2. The summed E-state index contributed by atoms with van der Waals surface area (Å²) in [4.78, 5) is 34.9. The van der Waals surface area contributed by atoms with Gasteiger partial charge in [-0.2, -0.15) is 0 Å². The molecule has 0 bridgehead atoms. The van der Waals surface area contributed by atoms with Crippen molar-refractivity contribution in [2.75, 3.05) is 6.61 Å². The van der Waals surface area contributed by atoms with E-state index in [2.05, 4.69) is 5.32 Å². The van der Waals surface area contributed by atoms with Gasteiger partial charge in [-0.1, -0.05) is 30.3 Å². The van der Waals surface area contributed by atoms with Crippen LogP contribution in [-0.4, -0.2) is 28.7 Å². The molecule has 0 aliphatic carbocycles. The van der Waals surface area contributed by atoms with Gasteiger partial charge in [0.15, 0.2) is 6.61 Å². The van der Waals surface area contributed by atoms with Crippen LogP contribution in [0.25, 0.3) is 0 Å². The van der Waals surface area contributed by atoms with Crippen molar-refractivity contribution in [3.8, 4) is 0 Å². The third-order valence-electron chi connectivity index (χ3n) is 3.71. The maximum Gasteiger partial charge on any atom is 0.319 e. The van der Waals surface area contributed by atoms with Crippen molar-refractivity contribution in [2.24, 2.45) is 0 Å². The molecule has 0 fully saturated rings. The lowest BCUT2D eigenvalue weighted by Crippen LogP contribution is -2.32. The Morgan fingerprint density at radius 2 is 1.74 bits per heavy atom. The second-order valence-corrected chi connectivity index (χ2v) is 7.23. The zero-order valence-corrected chi connectivity index (χ0v) is 15.8. The highest BCUT2D eigenvalue weighted by atomic mass is 32.2. The van der Waals surface area contributed by atoms with Crippen molar-refractivity contribution in [2.45, 2.75) is 30.0 Å². The lowest BCUT2D eigenvalue weighted by Gasteiger charge is -2.15. The van der Waals surface area contributed by atoms with E-state index < -0.39 is 16.1 Å². The first-order valence-electron chi connectivity index (χ1n) is 8.29. The normalized spacial score (nSPS) is 12.7. The number of hydrogen-bond donors (Lipinski definition) is 1. The van der Waals surface area contributed by atoms with Crippen molar-refractivity contribution >= 4 is 29.3 Å². The molecule has 0 heterocycles. The first kappa shape index (κ1) is 20.4. The maximum atomic E-state index is 12.1. The number of carbonyl (C=O) groups excluding carboxylic acids is 2. The molecule has 7 nitrogen and oxygen atoms in total. The fraction of sp³-hybridized carbons (Fsp3) is 0.263. The van der Waals surface area contributed by atoms with Crippen LogP contribution in [0.3, 0.4) is 0 Å². The van der Waals surface area contributed by atoms with E-state index in [1.165, 1.54) is 23.9 Å². The standard InChI is InChI=1S/C19H20N2O5S/c1-13(15-6-4-3-5-7-15)20-18(22)12-26-19(23)14(2)27-17-10-8-16(9-11-17)21(24)25/h3-11,13-14H,12H2,1-2H3,(H,20,22)/t13-,14-/m0/s1. The summed E-state index contributed by atoms with van der Waals surface area (Å²) in [5, 5.41) is 12.9. The van der Waals surface area contributed by atoms with E-state index in [1.807, 2.05) is 37.3 Å². The number of thioether (sulfide) groups is 1. The van der Waals surface area contributed by atoms with Gasteiger partial charge in [-0.15, -0.1) is 11.8 Å². The van der Waals surface area contributed by atoms with Crippen LogP contribution >= 0.6 is 11.8 Å². The molecular weight excluding hydrogens is 368 g/mol. The highest BCUT2D eigenvalue weighted by Crippen LogP contribution is 2.26. The third kappa shape index (κ3) is 6.41. The molecule has 0 saturated carbocycles. The van der Waals surface area contributed by atoms with Crippen molar-refractivity contribution in [1.29, 1.82) is 0 Å². The summed E-state index contributed by atoms with van der Waals surface area (Å²) in [7, 11) is 0. The fourth-order valence-corrected chi connectivity index (χ4v) is 3.13. The van der Waals surface area contributed by atoms with Crippen LogP contribution in [0.15, 0.2) is 59.5 Å². The van der Waals surface area contributed by atoms with Gasteiger partial charge in [0, 0.05) is 17.0 Å². The van der Waals surface area contributed by atoms with E-state index >= 15 is 0 Å². The van der Waals surface area contributed by atoms with Crippen molar-refractivity contribution in [1.82, 2.24) is 5.32 Å². The zero-order chi connectivity index (χ0) is 19.8. The van der Waals surface area contributed by atoms with Gasteiger partial charge in [-0.25, -0.2) is 0 Å². The Labute approximate surface area is 161 Å². The average molecular weight is 388 g/mol. The SMILES string of the molecule is C[C@H](Sc1ccc([N+](=O)[O-])cc1)C(=O)OCC(=O)N[C@@H](C)c1ccccc1. The molecule has 8 heteroatoms. The number of nitro benzene ring substituents is 1. The monoisotopic (exact) mass is 388 g/mol. The topological polar surface area (TPSA) is 98.5 Å². The van der Waals surface area contributed by atoms with Gasteiger partial charge in [0.1, 0.15) is 5.25 Å². The average Bonchev–Trinajstić information content (AvgIpc) is 2.67. The number of hydrogen-bond acceptors (Lipinski definition) is 6. The summed E-state index contributed by atoms with van der Waals surface area (Å²) < 4.78 is 5.06. The van der Waals surface area contributed by atoms with Crippen molar-refractivity contribution in [3.63, 3.8) is 0 Å². The van der Waals surface area contributed by atoms with E-state index in [4.69, 9.17) is 4.74 Å². The van der Waals surface area contributed by atoms with Gasteiger partial charge in [-0.05, 0) is 31.5 Å². The van der Waals surface area contributed by atoms with Crippen LogP contribution < -0.4 is 5.32 Å². The molecule has 0 aliphatic rings. The molecule has 0 saturated heterocycles. The van der Waals surface area contributed by atoms with Crippen molar-refractivity contribution in [3.05, 3.63) is 70.3 Å². The smallest absolute Gasteiger partial charge is 0.319 e. The molecule has 1 amide bonds. The van der Waals surface area contributed by atoms with E-state index in [0.29, 0.717) is 4.90 Å². The number of ether oxygens (including phenoxy) is 1. The Kier molecular flexibility index (Phi) is 7.36. The van der Waals surface area contributed by atoms with E-state index in [1.54, 1.807) is 19.1 Å². The number of esters is 1. The fourth-order valence-electron chi connectivity index (χ4n) is 2.26. The molecule has 2 rings (SSSR count). The van der Waals surface area contributed by atoms with Gasteiger partial charge < -0.3 is 10.1 Å². The second-order valence-electron chi connectivity index (χ2n) is 5.82. The first-order chi connectivity index (χ1) is 12.9. The Bertz CT molecular complexity index is 796. The molecule has 27 heavy (non-hydrogen) atoms. The molecule has 2 atom stereocenters. The van der Waals surface area contributed by atoms with Gasteiger partial charge in [0.2, 0.25) is 0 Å². The number of nitrogens with one attached hydrogen (secondary N) is 1. The summed E-state index contributed by atoms with van der Waals surface area (Å²) >= 11 is 1.21. The quantitative estimate of drug-likeness (QED) is 0.322. The lowest BCUT2D eigenvalue weighted by atomic mass is 10.1. The summed E-state index contributed by atoms with van der Waals surface area (Å²) in [6, 6.07) is 15.2. The number of non-ortho nitro benzene ring substituents is 1. The van der Waals surface area contributed by atoms with Crippen LogP contribution in [0.4, 0.5) is 5.69 Å². The van der Waals surface area contributed by atoms with Crippen LogP contribution in [0.1, 0.15) is 25.5 Å². The summed E-state index contributed by atoms with van der Waals surface area (Å²) in [6.07, 6.45) is 0. The van der Waals surface area contributed by atoms with Gasteiger partial charge in [0.25, 0.3) is 11.6 Å². The van der Waals surface area contributed by atoms with Crippen LogP contribution in [-0.2, 0) is 14.3 Å². The van der Waals surface area contributed by atoms with Crippen molar-refractivity contribution < 1.29 is 19.2 Å². The molecule has 0 unspecified atom stereocenters. The van der Waals surface area contributed by atoms with Crippen LogP contribution in [0.2, 0.25) is 0 Å². The van der Waals surface area contributed by atoms with Crippen LogP contribution in [0.5, 0.6) is 0 Å². The number of benzene rings is 2. The molecule has 0 aliphatic heterocycles. The predicted molar refractivity (Wildman–Crippen MR) is 102 cm³/mol. The summed E-state index contributed by atoms with van der Waals surface area (Å²) in [6.45, 7) is 3.14. The largest absolute Gasteiger partial charge is 0.455 e. The number of nitrogens with zero attached hydrogens (tertiary/aromatic N) is 1. The summed E-state index contributed by atoms with van der Waals surface area (Å²) in [5.41, 5.74) is 0.943.